The van der Waals surface area contributed by atoms with E-state index in [0.29, 0.717) is 17.9 Å². The lowest BCUT2D eigenvalue weighted by atomic mass is 9.97. The van der Waals surface area contributed by atoms with Crippen LogP contribution in [-0.4, -0.2) is 10.2 Å². The minimum atomic E-state index is 0.196. The minimum Gasteiger partial charge on any atom is -0.508 e. The molecule has 2 aromatic carbocycles. The number of rotatable bonds is 3. The number of hydrogen-bond acceptors (Lipinski definition) is 2. The van der Waals surface area contributed by atoms with E-state index in [9.17, 15) is 10.2 Å². The molecule has 0 amide bonds. The van der Waals surface area contributed by atoms with Gasteiger partial charge in [-0.25, -0.2) is 0 Å². The van der Waals surface area contributed by atoms with E-state index in [1.54, 1.807) is 6.07 Å². The smallest absolute Gasteiger partial charge is 0.130 e. The van der Waals surface area contributed by atoms with E-state index >= 15 is 0 Å². The molecule has 0 atom stereocenters. The highest BCUT2D eigenvalue weighted by Gasteiger charge is 2.12. The monoisotopic (exact) mass is 230 g/mol. The summed E-state index contributed by atoms with van der Waals surface area (Å²) in [6.45, 7) is 4.27. The van der Waals surface area contributed by atoms with Gasteiger partial charge in [0, 0.05) is 10.9 Å². The van der Waals surface area contributed by atoms with E-state index in [1.807, 2.05) is 24.3 Å². The van der Waals surface area contributed by atoms with Crippen molar-refractivity contribution in [2.45, 2.75) is 26.7 Å². The van der Waals surface area contributed by atoms with Crippen LogP contribution in [0.25, 0.3) is 10.8 Å². The summed E-state index contributed by atoms with van der Waals surface area (Å²) in [4.78, 5) is 0. The molecule has 0 fully saturated rings. The highest BCUT2D eigenvalue weighted by molar-refractivity contribution is 5.91. The fraction of sp³-hybridized carbons (Fsp3) is 0.333. The van der Waals surface area contributed by atoms with Gasteiger partial charge in [0.25, 0.3) is 0 Å². The molecule has 0 aliphatic heterocycles. The maximum Gasteiger partial charge on any atom is 0.130 e. The molecule has 2 nitrogen and oxygen atoms in total. The first-order valence-electron chi connectivity index (χ1n) is 6.02. The van der Waals surface area contributed by atoms with Gasteiger partial charge in [-0.15, -0.1) is 0 Å². The van der Waals surface area contributed by atoms with Gasteiger partial charge in [0.05, 0.1) is 0 Å². The van der Waals surface area contributed by atoms with E-state index < -0.39 is 0 Å². The van der Waals surface area contributed by atoms with Gasteiger partial charge in [-0.2, -0.15) is 0 Å². The zero-order valence-corrected chi connectivity index (χ0v) is 10.3. The van der Waals surface area contributed by atoms with Gasteiger partial charge in [0.15, 0.2) is 0 Å². The Labute approximate surface area is 102 Å². The van der Waals surface area contributed by atoms with Gasteiger partial charge >= 0.3 is 0 Å². The molecule has 0 saturated carbocycles. The largest absolute Gasteiger partial charge is 0.508 e. The molecule has 2 aromatic rings. The molecular weight excluding hydrogens is 212 g/mol. The zero-order valence-electron chi connectivity index (χ0n) is 10.3. The predicted molar refractivity (Wildman–Crippen MR) is 70.4 cm³/mol. The highest BCUT2D eigenvalue weighted by Crippen LogP contribution is 2.36. The van der Waals surface area contributed by atoms with Crippen molar-refractivity contribution in [3.63, 3.8) is 0 Å². The number of phenols is 2. The van der Waals surface area contributed by atoms with E-state index in [4.69, 9.17) is 0 Å². The van der Waals surface area contributed by atoms with Crippen LogP contribution in [0.3, 0.4) is 0 Å². The Morgan fingerprint density at radius 3 is 2.53 bits per heavy atom. The lowest BCUT2D eigenvalue weighted by Crippen LogP contribution is -1.94. The van der Waals surface area contributed by atoms with Crippen molar-refractivity contribution in [2.24, 2.45) is 5.92 Å². The van der Waals surface area contributed by atoms with Crippen LogP contribution in [0.5, 0.6) is 11.5 Å². The molecule has 17 heavy (non-hydrogen) atoms. The third-order valence-corrected chi connectivity index (χ3v) is 3.07. The first-order chi connectivity index (χ1) is 8.09. The van der Waals surface area contributed by atoms with Crippen molar-refractivity contribution in [3.8, 4) is 11.5 Å². The molecule has 0 spiro atoms. The summed E-state index contributed by atoms with van der Waals surface area (Å²) < 4.78 is 0. The van der Waals surface area contributed by atoms with Crippen LogP contribution in [-0.2, 0) is 6.42 Å². The van der Waals surface area contributed by atoms with E-state index in [-0.39, 0.29) is 11.5 Å². The average Bonchev–Trinajstić information content (AvgIpc) is 2.28. The second-order valence-corrected chi connectivity index (χ2v) is 4.88. The second-order valence-electron chi connectivity index (χ2n) is 4.88. The molecule has 0 aromatic heterocycles. The molecule has 0 aliphatic rings. The van der Waals surface area contributed by atoms with Crippen LogP contribution < -0.4 is 0 Å². The third kappa shape index (κ3) is 2.36. The number of phenolic OH excluding ortho intramolecular Hbond substituents is 2. The predicted octanol–water partition coefficient (Wildman–Crippen LogP) is 3.84. The molecule has 0 bridgehead atoms. The van der Waals surface area contributed by atoms with Gasteiger partial charge < -0.3 is 10.2 Å². The van der Waals surface area contributed by atoms with Crippen LogP contribution in [0.2, 0.25) is 0 Å². The number of fused-ring (bicyclic) bond motifs is 1. The van der Waals surface area contributed by atoms with Crippen molar-refractivity contribution in [1.29, 1.82) is 0 Å². The number of hydrogen-bond donors (Lipinski definition) is 2. The fourth-order valence-electron chi connectivity index (χ4n) is 2.04. The summed E-state index contributed by atoms with van der Waals surface area (Å²) in [5, 5.41) is 21.8. The van der Waals surface area contributed by atoms with Crippen LogP contribution in [0.15, 0.2) is 30.3 Å². The Hall–Kier alpha value is -1.70. The topological polar surface area (TPSA) is 40.5 Å². The molecule has 0 aliphatic carbocycles. The van der Waals surface area contributed by atoms with Gasteiger partial charge in [-0.1, -0.05) is 38.1 Å². The van der Waals surface area contributed by atoms with Crippen molar-refractivity contribution in [2.75, 3.05) is 0 Å². The molecule has 2 heteroatoms. The van der Waals surface area contributed by atoms with E-state index in [1.165, 1.54) is 0 Å². The highest BCUT2D eigenvalue weighted by atomic mass is 16.3. The normalized spacial score (nSPS) is 11.2. The molecule has 90 valence electrons. The summed E-state index contributed by atoms with van der Waals surface area (Å²) in [5.74, 6) is 0.975. The van der Waals surface area contributed by atoms with Gasteiger partial charge in [-0.3, -0.25) is 0 Å². The Balaban J connectivity index is 2.48. The van der Waals surface area contributed by atoms with Crippen LogP contribution in [0.4, 0.5) is 0 Å². The molecular formula is C15H18O2. The number of benzene rings is 2. The Bertz CT molecular complexity index is 530. The average molecular weight is 230 g/mol. The maximum absolute atomic E-state index is 10.2. The number of aromatic hydroxyl groups is 2. The quantitative estimate of drug-likeness (QED) is 0.841. The fourth-order valence-corrected chi connectivity index (χ4v) is 2.04. The van der Waals surface area contributed by atoms with Crippen molar-refractivity contribution < 1.29 is 10.2 Å². The lowest BCUT2D eigenvalue weighted by Gasteiger charge is -2.11. The zero-order chi connectivity index (χ0) is 12.4. The van der Waals surface area contributed by atoms with Crippen LogP contribution in [0, 0.1) is 5.92 Å². The van der Waals surface area contributed by atoms with E-state index in [0.717, 1.165) is 17.2 Å². The third-order valence-electron chi connectivity index (χ3n) is 3.07. The van der Waals surface area contributed by atoms with Gasteiger partial charge in [-0.05, 0) is 30.2 Å². The lowest BCUT2D eigenvalue weighted by molar-refractivity contribution is 0.437. The molecule has 0 unspecified atom stereocenters. The standard InChI is InChI=1S/C15H18O2/c1-10(2)7-8-13-14(16)9-11-5-3-4-6-12(11)15(13)17/h3-6,9-10,16-17H,7-8H2,1-2H3. The summed E-state index contributed by atoms with van der Waals surface area (Å²) >= 11 is 0. The van der Waals surface area contributed by atoms with E-state index in [2.05, 4.69) is 13.8 Å². The Morgan fingerprint density at radius 1 is 1.12 bits per heavy atom. The summed E-state index contributed by atoms with van der Waals surface area (Å²) in [6.07, 6.45) is 1.67. The summed E-state index contributed by atoms with van der Waals surface area (Å²) in [6, 6.07) is 9.29. The second kappa shape index (κ2) is 4.66. The minimum absolute atomic E-state index is 0.196. The first-order valence-corrected chi connectivity index (χ1v) is 6.02. The molecule has 0 saturated heterocycles. The van der Waals surface area contributed by atoms with Gasteiger partial charge in [0.1, 0.15) is 11.5 Å². The first kappa shape index (κ1) is 11.8. The molecule has 2 N–H and O–H groups in total. The SMILES string of the molecule is CC(C)CCc1c(O)cc2ccccc2c1O. The molecule has 0 heterocycles. The van der Waals surface area contributed by atoms with Crippen LogP contribution in [0.1, 0.15) is 25.8 Å². The van der Waals surface area contributed by atoms with Crippen LogP contribution >= 0.6 is 0 Å². The molecule has 2 rings (SSSR count). The van der Waals surface area contributed by atoms with Crippen molar-refractivity contribution in [3.05, 3.63) is 35.9 Å². The maximum atomic E-state index is 10.2. The molecule has 0 radical (unpaired) electrons. The summed E-state index contributed by atoms with van der Waals surface area (Å²) in [5.41, 5.74) is 0.664. The summed E-state index contributed by atoms with van der Waals surface area (Å²) in [7, 11) is 0. The van der Waals surface area contributed by atoms with Crippen molar-refractivity contribution in [1.82, 2.24) is 0 Å². The Kier molecular flexibility index (Phi) is 3.23. The van der Waals surface area contributed by atoms with Crippen molar-refractivity contribution >= 4 is 10.8 Å². The Morgan fingerprint density at radius 2 is 1.82 bits per heavy atom. The van der Waals surface area contributed by atoms with Gasteiger partial charge in [0.2, 0.25) is 0 Å².